The van der Waals surface area contributed by atoms with Gasteiger partial charge in [0.1, 0.15) is 5.82 Å². The van der Waals surface area contributed by atoms with E-state index in [0.29, 0.717) is 5.56 Å². The van der Waals surface area contributed by atoms with E-state index in [1.165, 1.54) is 12.1 Å². The molecule has 0 atom stereocenters. The van der Waals surface area contributed by atoms with Crippen molar-refractivity contribution in [1.82, 2.24) is 5.32 Å². The third-order valence-corrected chi connectivity index (χ3v) is 4.15. The van der Waals surface area contributed by atoms with E-state index < -0.39 is 0 Å². The van der Waals surface area contributed by atoms with Gasteiger partial charge in [0.15, 0.2) is 5.78 Å². The van der Waals surface area contributed by atoms with Crippen molar-refractivity contribution in [3.05, 3.63) is 35.1 Å². The van der Waals surface area contributed by atoms with E-state index in [-0.39, 0.29) is 17.0 Å². The molecule has 1 aliphatic rings. The zero-order valence-electron chi connectivity index (χ0n) is 11.1. The fraction of sp³-hybridized carbons (Fsp3) is 0.533. The Bertz CT molecular complexity index is 450. The molecule has 2 nitrogen and oxygen atoms in total. The monoisotopic (exact) mass is 249 g/mol. The molecule has 0 spiro atoms. The van der Waals surface area contributed by atoms with Crippen LogP contribution in [0.4, 0.5) is 4.39 Å². The van der Waals surface area contributed by atoms with E-state index in [2.05, 4.69) is 12.2 Å². The summed E-state index contributed by atoms with van der Waals surface area (Å²) in [7, 11) is 0. The Balaban J connectivity index is 2.33. The first-order valence-corrected chi connectivity index (χ1v) is 6.61. The Morgan fingerprint density at radius 3 is 2.61 bits per heavy atom. The zero-order chi connectivity index (χ0) is 13.2. The van der Waals surface area contributed by atoms with Gasteiger partial charge in [-0.05, 0) is 63.0 Å². The Labute approximate surface area is 108 Å². The van der Waals surface area contributed by atoms with Gasteiger partial charge in [0.2, 0.25) is 0 Å². The van der Waals surface area contributed by atoms with Crippen LogP contribution in [0.1, 0.15) is 42.1 Å². The highest BCUT2D eigenvalue weighted by molar-refractivity contribution is 6.01. The second-order valence-corrected chi connectivity index (χ2v) is 5.17. The lowest BCUT2D eigenvalue weighted by Crippen LogP contribution is -2.42. The van der Waals surface area contributed by atoms with Gasteiger partial charge >= 0.3 is 0 Å². The second kappa shape index (κ2) is 5.19. The second-order valence-electron chi connectivity index (χ2n) is 5.17. The molecule has 1 fully saturated rings. The fourth-order valence-electron chi connectivity index (χ4n) is 2.81. The molecule has 1 N–H and O–H groups in total. The summed E-state index contributed by atoms with van der Waals surface area (Å²) in [5.41, 5.74) is 1.17. The van der Waals surface area contributed by atoms with E-state index in [0.717, 1.165) is 37.9 Å². The van der Waals surface area contributed by atoms with Crippen molar-refractivity contribution in [3.8, 4) is 0 Å². The third kappa shape index (κ3) is 2.32. The van der Waals surface area contributed by atoms with Gasteiger partial charge in [-0.25, -0.2) is 4.39 Å². The number of rotatable bonds is 3. The summed E-state index contributed by atoms with van der Waals surface area (Å²) < 4.78 is 13.1. The number of ketones is 1. The lowest BCUT2D eigenvalue weighted by atomic mass is 9.71. The maximum absolute atomic E-state index is 13.1. The molecule has 1 heterocycles. The number of piperidine rings is 1. The topological polar surface area (TPSA) is 29.1 Å². The molecule has 3 heteroatoms. The SMILES string of the molecule is CCC1(C(=O)c2ccc(F)cc2C)CCNCC1. The molecule has 0 amide bonds. The molecule has 18 heavy (non-hydrogen) atoms. The molecule has 0 unspecified atom stereocenters. The number of Topliss-reactive ketones (excluding diaryl/α,β-unsaturated/α-hetero) is 1. The first kappa shape index (κ1) is 13.2. The molecule has 98 valence electrons. The number of aryl methyl sites for hydroxylation is 1. The number of hydrogen-bond donors (Lipinski definition) is 1. The highest BCUT2D eigenvalue weighted by atomic mass is 19.1. The van der Waals surface area contributed by atoms with Crippen molar-refractivity contribution in [2.24, 2.45) is 5.41 Å². The normalized spacial score (nSPS) is 18.6. The molecule has 0 radical (unpaired) electrons. The fourth-order valence-corrected chi connectivity index (χ4v) is 2.81. The average molecular weight is 249 g/mol. The van der Waals surface area contributed by atoms with Crippen LogP contribution in [0.2, 0.25) is 0 Å². The molecule has 0 aromatic heterocycles. The number of benzene rings is 1. The van der Waals surface area contributed by atoms with Gasteiger partial charge in [-0.1, -0.05) is 6.92 Å². The number of halogens is 1. The predicted octanol–water partition coefficient (Wildman–Crippen LogP) is 3.10. The van der Waals surface area contributed by atoms with Crippen molar-refractivity contribution in [3.63, 3.8) is 0 Å². The maximum Gasteiger partial charge on any atom is 0.169 e. The minimum atomic E-state index is -0.278. The number of hydrogen-bond acceptors (Lipinski definition) is 2. The average Bonchev–Trinajstić information content (AvgIpc) is 2.39. The molecule has 1 aliphatic heterocycles. The quantitative estimate of drug-likeness (QED) is 0.834. The van der Waals surface area contributed by atoms with Crippen LogP contribution in [0, 0.1) is 18.2 Å². The highest BCUT2D eigenvalue weighted by Gasteiger charge is 2.38. The zero-order valence-corrected chi connectivity index (χ0v) is 11.1. The van der Waals surface area contributed by atoms with E-state index in [1.807, 2.05) is 0 Å². The van der Waals surface area contributed by atoms with Gasteiger partial charge in [-0.3, -0.25) is 4.79 Å². The van der Waals surface area contributed by atoms with Crippen LogP contribution in [-0.2, 0) is 0 Å². The van der Waals surface area contributed by atoms with Crippen LogP contribution in [0.3, 0.4) is 0 Å². The predicted molar refractivity (Wildman–Crippen MR) is 70.3 cm³/mol. The Morgan fingerprint density at radius 1 is 1.39 bits per heavy atom. The Hall–Kier alpha value is -1.22. The van der Waals surface area contributed by atoms with Crippen LogP contribution in [-0.4, -0.2) is 18.9 Å². The van der Waals surface area contributed by atoms with Crippen molar-refractivity contribution in [2.75, 3.05) is 13.1 Å². The van der Waals surface area contributed by atoms with Crippen molar-refractivity contribution in [1.29, 1.82) is 0 Å². The number of nitrogens with one attached hydrogen (secondary N) is 1. The smallest absolute Gasteiger partial charge is 0.169 e. The van der Waals surface area contributed by atoms with E-state index in [9.17, 15) is 9.18 Å². The van der Waals surface area contributed by atoms with Gasteiger partial charge in [-0.2, -0.15) is 0 Å². The van der Waals surface area contributed by atoms with Crippen LogP contribution < -0.4 is 5.32 Å². The molecule has 0 bridgehead atoms. The lowest BCUT2D eigenvalue weighted by Gasteiger charge is -2.35. The summed E-state index contributed by atoms with van der Waals surface area (Å²) in [5, 5.41) is 3.29. The van der Waals surface area contributed by atoms with Crippen LogP contribution in [0.25, 0.3) is 0 Å². The summed E-state index contributed by atoms with van der Waals surface area (Å²) >= 11 is 0. The van der Waals surface area contributed by atoms with Crippen molar-refractivity contribution < 1.29 is 9.18 Å². The summed E-state index contributed by atoms with van der Waals surface area (Å²) in [4.78, 5) is 12.7. The summed E-state index contributed by atoms with van der Waals surface area (Å²) in [5.74, 6) is -0.0936. The van der Waals surface area contributed by atoms with E-state index in [4.69, 9.17) is 0 Å². The minimum Gasteiger partial charge on any atom is -0.317 e. The van der Waals surface area contributed by atoms with E-state index in [1.54, 1.807) is 13.0 Å². The standard InChI is InChI=1S/C15H20FNO/c1-3-15(6-8-17-9-7-15)14(18)13-5-4-12(16)10-11(13)2/h4-5,10,17H,3,6-9H2,1-2H3. The first-order valence-electron chi connectivity index (χ1n) is 6.61. The molecular weight excluding hydrogens is 229 g/mol. The largest absolute Gasteiger partial charge is 0.317 e. The summed E-state index contributed by atoms with van der Waals surface area (Å²) in [6, 6.07) is 4.45. The highest BCUT2D eigenvalue weighted by Crippen LogP contribution is 2.36. The molecule has 1 aromatic rings. The van der Waals surface area contributed by atoms with Crippen LogP contribution in [0.15, 0.2) is 18.2 Å². The van der Waals surface area contributed by atoms with Crippen LogP contribution >= 0.6 is 0 Å². The summed E-state index contributed by atoms with van der Waals surface area (Å²) in [6.07, 6.45) is 2.60. The van der Waals surface area contributed by atoms with Crippen molar-refractivity contribution in [2.45, 2.75) is 33.1 Å². The lowest BCUT2D eigenvalue weighted by molar-refractivity contribution is 0.0717. The maximum atomic E-state index is 13.1. The molecule has 1 aromatic carbocycles. The van der Waals surface area contributed by atoms with E-state index >= 15 is 0 Å². The van der Waals surface area contributed by atoms with Gasteiger partial charge < -0.3 is 5.32 Å². The molecular formula is C15H20FNO. The molecule has 0 saturated carbocycles. The molecule has 2 rings (SSSR count). The van der Waals surface area contributed by atoms with Gasteiger partial charge in [0.05, 0.1) is 0 Å². The van der Waals surface area contributed by atoms with Gasteiger partial charge in [-0.15, -0.1) is 0 Å². The minimum absolute atomic E-state index is 0.184. The first-order chi connectivity index (χ1) is 8.59. The molecule has 0 aliphatic carbocycles. The Morgan fingerprint density at radius 2 is 2.06 bits per heavy atom. The Kier molecular flexibility index (Phi) is 3.81. The van der Waals surface area contributed by atoms with Crippen molar-refractivity contribution >= 4 is 5.78 Å². The molecule has 1 saturated heterocycles. The third-order valence-electron chi connectivity index (χ3n) is 4.15. The van der Waals surface area contributed by atoms with Gasteiger partial charge in [0, 0.05) is 11.0 Å². The summed E-state index contributed by atoms with van der Waals surface area (Å²) in [6.45, 7) is 5.66. The van der Waals surface area contributed by atoms with Crippen LogP contribution in [0.5, 0.6) is 0 Å². The number of carbonyl (C=O) groups excluding carboxylic acids is 1. The number of carbonyl (C=O) groups is 1. The van der Waals surface area contributed by atoms with Gasteiger partial charge in [0.25, 0.3) is 0 Å².